The molecule has 1 aromatic heterocycles. The number of anilines is 1. The van der Waals surface area contributed by atoms with Gasteiger partial charge in [-0.1, -0.05) is 5.16 Å². The van der Waals surface area contributed by atoms with Gasteiger partial charge in [0, 0.05) is 24.8 Å². The number of likely N-dealkylation sites (tertiary alicyclic amines) is 1. The number of nitrogens with zero attached hydrogens (tertiary/aromatic N) is 3. The number of nitrogens with one attached hydrogen (secondary N) is 1. The van der Waals surface area contributed by atoms with E-state index < -0.39 is 0 Å². The lowest BCUT2D eigenvalue weighted by molar-refractivity contribution is -0.123. The van der Waals surface area contributed by atoms with E-state index in [9.17, 15) is 9.59 Å². The molecule has 7 nitrogen and oxygen atoms in total. The summed E-state index contributed by atoms with van der Waals surface area (Å²) in [5.41, 5.74) is 1.42. The van der Waals surface area contributed by atoms with E-state index in [4.69, 9.17) is 9.78 Å². The minimum atomic E-state index is -0.248. The van der Waals surface area contributed by atoms with Gasteiger partial charge in [0.1, 0.15) is 5.76 Å². The fourth-order valence-corrected chi connectivity index (χ4v) is 2.31. The third-order valence-electron chi connectivity index (χ3n) is 3.67. The zero-order chi connectivity index (χ0) is 16.4. The van der Waals surface area contributed by atoms with Crippen LogP contribution in [0, 0.1) is 24.2 Å². The quantitative estimate of drug-likeness (QED) is 0.927. The molecule has 2 amide bonds. The molecule has 2 aromatic rings. The first-order valence-electron chi connectivity index (χ1n) is 7.10. The molecule has 0 saturated carbocycles. The lowest BCUT2D eigenvalue weighted by Crippen LogP contribution is -2.54. The average Bonchev–Trinajstić information content (AvgIpc) is 2.93. The number of nitriles is 1. The Morgan fingerprint density at radius 3 is 2.61 bits per heavy atom. The Kier molecular flexibility index (Phi) is 3.81. The largest absolute Gasteiger partial charge is 0.361 e. The summed E-state index contributed by atoms with van der Waals surface area (Å²) < 4.78 is 4.88. The highest BCUT2D eigenvalue weighted by Crippen LogP contribution is 2.20. The number of hydrogen-bond donors (Lipinski definition) is 1. The van der Waals surface area contributed by atoms with Crippen molar-refractivity contribution >= 4 is 17.5 Å². The number of carbonyl (C=O) groups excluding carboxylic acids is 2. The number of aromatic nitrogens is 1. The molecule has 0 radical (unpaired) electrons. The van der Waals surface area contributed by atoms with E-state index in [0.717, 1.165) is 0 Å². The van der Waals surface area contributed by atoms with Gasteiger partial charge < -0.3 is 14.7 Å². The highest BCUT2D eigenvalue weighted by Gasteiger charge is 2.37. The Morgan fingerprint density at radius 2 is 2.04 bits per heavy atom. The molecular formula is C16H14N4O3. The molecule has 1 aliphatic heterocycles. The van der Waals surface area contributed by atoms with Crippen molar-refractivity contribution in [3.8, 4) is 6.07 Å². The second-order valence-electron chi connectivity index (χ2n) is 5.41. The Balaban J connectivity index is 1.53. The molecule has 1 saturated heterocycles. The van der Waals surface area contributed by atoms with E-state index in [0.29, 0.717) is 30.1 Å². The maximum atomic E-state index is 12.1. The SMILES string of the molecule is Cc1cc(C(=O)N2CC(C(=O)Nc3ccc(C#N)cc3)C2)no1. The molecule has 23 heavy (non-hydrogen) atoms. The van der Waals surface area contributed by atoms with Gasteiger partial charge >= 0.3 is 0 Å². The third kappa shape index (κ3) is 3.06. The van der Waals surface area contributed by atoms with Crippen LogP contribution in [0.5, 0.6) is 0 Å². The third-order valence-corrected chi connectivity index (χ3v) is 3.67. The second kappa shape index (κ2) is 5.93. The maximum Gasteiger partial charge on any atom is 0.276 e. The van der Waals surface area contributed by atoms with E-state index in [1.54, 1.807) is 42.2 Å². The molecular weight excluding hydrogens is 296 g/mol. The molecule has 0 aliphatic carbocycles. The van der Waals surface area contributed by atoms with Crippen molar-refractivity contribution in [2.45, 2.75) is 6.92 Å². The minimum absolute atomic E-state index is 0.143. The molecule has 0 spiro atoms. The first-order chi connectivity index (χ1) is 11.1. The van der Waals surface area contributed by atoms with Crippen molar-refractivity contribution in [3.63, 3.8) is 0 Å². The standard InChI is InChI=1S/C16H14N4O3/c1-10-6-14(19-23-10)16(22)20-8-12(9-20)15(21)18-13-4-2-11(7-17)3-5-13/h2-6,12H,8-9H2,1H3,(H,18,21). The van der Waals surface area contributed by atoms with Crippen LogP contribution in [0.25, 0.3) is 0 Å². The Morgan fingerprint density at radius 1 is 1.35 bits per heavy atom. The fourth-order valence-electron chi connectivity index (χ4n) is 2.31. The van der Waals surface area contributed by atoms with Crippen LogP contribution < -0.4 is 5.32 Å². The van der Waals surface area contributed by atoms with Crippen molar-refractivity contribution in [1.29, 1.82) is 5.26 Å². The number of hydrogen-bond acceptors (Lipinski definition) is 5. The molecule has 0 bridgehead atoms. The number of aryl methyl sites for hydroxylation is 1. The van der Waals surface area contributed by atoms with Crippen LogP contribution >= 0.6 is 0 Å². The number of benzene rings is 1. The van der Waals surface area contributed by atoms with Crippen molar-refractivity contribution in [2.24, 2.45) is 5.92 Å². The topological polar surface area (TPSA) is 99.2 Å². The molecule has 1 aromatic carbocycles. The normalized spacial score (nSPS) is 14.0. The average molecular weight is 310 g/mol. The lowest BCUT2D eigenvalue weighted by Gasteiger charge is -2.37. The molecule has 3 rings (SSSR count). The Labute approximate surface area is 132 Å². The van der Waals surface area contributed by atoms with Crippen molar-refractivity contribution in [3.05, 3.63) is 47.3 Å². The minimum Gasteiger partial charge on any atom is -0.361 e. The molecule has 0 unspecified atom stereocenters. The zero-order valence-corrected chi connectivity index (χ0v) is 12.4. The van der Waals surface area contributed by atoms with Gasteiger partial charge in [-0.05, 0) is 31.2 Å². The van der Waals surface area contributed by atoms with Crippen LogP contribution in [0.4, 0.5) is 5.69 Å². The van der Waals surface area contributed by atoms with Gasteiger partial charge in [-0.15, -0.1) is 0 Å². The summed E-state index contributed by atoms with van der Waals surface area (Å²) in [7, 11) is 0. The van der Waals surface area contributed by atoms with E-state index in [1.807, 2.05) is 6.07 Å². The van der Waals surface area contributed by atoms with Crippen LogP contribution in [0.2, 0.25) is 0 Å². The predicted octanol–water partition coefficient (Wildman–Crippen LogP) is 1.57. The Bertz CT molecular complexity index is 782. The summed E-state index contributed by atoms with van der Waals surface area (Å²) in [6.07, 6.45) is 0. The first kappa shape index (κ1) is 14.8. The summed E-state index contributed by atoms with van der Waals surface area (Å²) >= 11 is 0. The van der Waals surface area contributed by atoms with Crippen molar-refractivity contribution in [2.75, 3.05) is 18.4 Å². The highest BCUT2D eigenvalue weighted by atomic mass is 16.5. The number of rotatable bonds is 3. The van der Waals surface area contributed by atoms with Gasteiger partial charge in [0.25, 0.3) is 5.91 Å². The summed E-state index contributed by atoms with van der Waals surface area (Å²) in [4.78, 5) is 25.7. The monoisotopic (exact) mass is 310 g/mol. The van der Waals surface area contributed by atoms with Crippen LogP contribution in [0.15, 0.2) is 34.9 Å². The van der Waals surface area contributed by atoms with Gasteiger partial charge in [0.05, 0.1) is 17.6 Å². The molecule has 1 fully saturated rings. The van der Waals surface area contributed by atoms with Gasteiger partial charge in [0.15, 0.2) is 5.69 Å². The molecule has 1 aliphatic rings. The van der Waals surface area contributed by atoms with E-state index in [1.165, 1.54) is 0 Å². The van der Waals surface area contributed by atoms with Crippen LogP contribution in [0.3, 0.4) is 0 Å². The van der Waals surface area contributed by atoms with Gasteiger partial charge in [-0.2, -0.15) is 5.26 Å². The van der Waals surface area contributed by atoms with Crippen LogP contribution in [-0.2, 0) is 4.79 Å². The molecule has 7 heteroatoms. The van der Waals surface area contributed by atoms with E-state index >= 15 is 0 Å². The molecule has 1 N–H and O–H groups in total. The number of amides is 2. The van der Waals surface area contributed by atoms with Crippen LogP contribution in [0.1, 0.15) is 21.8 Å². The zero-order valence-electron chi connectivity index (χ0n) is 12.4. The Hall–Kier alpha value is -3.14. The molecule has 2 heterocycles. The summed E-state index contributed by atoms with van der Waals surface area (Å²) in [5.74, 6) is -0.0501. The highest BCUT2D eigenvalue weighted by molar-refractivity contribution is 5.97. The second-order valence-corrected chi connectivity index (χ2v) is 5.41. The lowest BCUT2D eigenvalue weighted by atomic mass is 9.98. The smallest absolute Gasteiger partial charge is 0.276 e. The van der Waals surface area contributed by atoms with E-state index in [2.05, 4.69) is 10.5 Å². The van der Waals surface area contributed by atoms with E-state index in [-0.39, 0.29) is 23.4 Å². The summed E-state index contributed by atoms with van der Waals surface area (Å²) in [6.45, 7) is 2.42. The molecule has 116 valence electrons. The molecule has 0 atom stereocenters. The first-order valence-corrected chi connectivity index (χ1v) is 7.10. The number of carbonyl (C=O) groups is 2. The summed E-state index contributed by atoms with van der Waals surface area (Å²) in [5, 5.41) is 15.2. The van der Waals surface area contributed by atoms with Crippen molar-refractivity contribution < 1.29 is 14.1 Å². The van der Waals surface area contributed by atoms with Gasteiger partial charge in [-0.3, -0.25) is 9.59 Å². The summed E-state index contributed by atoms with van der Waals surface area (Å²) in [6, 6.07) is 10.2. The predicted molar refractivity (Wildman–Crippen MR) is 80.4 cm³/mol. The van der Waals surface area contributed by atoms with Crippen molar-refractivity contribution in [1.82, 2.24) is 10.1 Å². The van der Waals surface area contributed by atoms with Crippen LogP contribution in [-0.4, -0.2) is 35.0 Å². The maximum absolute atomic E-state index is 12.1. The van der Waals surface area contributed by atoms with Gasteiger partial charge in [0.2, 0.25) is 5.91 Å². The fraction of sp³-hybridized carbons (Fsp3) is 0.250. The van der Waals surface area contributed by atoms with Gasteiger partial charge in [-0.25, -0.2) is 0 Å².